The van der Waals surface area contributed by atoms with Crippen molar-refractivity contribution in [3.63, 3.8) is 0 Å². The lowest BCUT2D eigenvalue weighted by Gasteiger charge is -2.11. The van der Waals surface area contributed by atoms with Gasteiger partial charge in [0.15, 0.2) is 0 Å². The summed E-state index contributed by atoms with van der Waals surface area (Å²) >= 11 is 0. The number of halogens is 2. The van der Waals surface area contributed by atoms with Crippen molar-refractivity contribution < 1.29 is 18.4 Å². The van der Waals surface area contributed by atoms with Crippen LogP contribution in [0, 0.1) is 11.6 Å². The van der Waals surface area contributed by atoms with Crippen LogP contribution >= 0.6 is 0 Å². The molecule has 0 unspecified atom stereocenters. The second-order valence-corrected chi connectivity index (χ2v) is 8.93. The number of benzene rings is 5. The van der Waals surface area contributed by atoms with E-state index in [2.05, 4.69) is 10.6 Å². The van der Waals surface area contributed by atoms with Crippen molar-refractivity contribution >= 4 is 28.9 Å². The van der Waals surface area contributed by atoms with Gasteiger partial charge in [0.2, 0.25) is 0 Å². The number of carbonyl (C=O) groups excluding carboxylic acids is 2. The fourth-order valence-electron chi connectivity index (χ4n) is 4.21. The summed E-state index contributed by atoms with van der Waals surface area (Å²) in [6.07, 6.45) is 0. The van der Waals surface area contributed by atoms with Crippen LogP contribution in [0.5, 0.6) is 0 Å². The minimum absolute atomic E-state index is 0.199. The molecule has 4 N–H and O–H groups in total. The first-order chi connectivity index (χ1) is 18.8. The molecule has 0 saturated heterocycles. The molecule has 0 aromatic heterocycles. The lowest BCUT2D eigenvalue weighted by molar-refractivity contribution is 0.102. The van der Waals surface area contributed by atoms with Crippen LogP contribution in [0.3, 0.4) is 0 Å². The molecular formula is C32H23F2N3O2. The molecule has 7 heteroatoms. The van der Waals surface area contributed by atoms with E-state index in [1.165, 1.54) is 42.5 Å². The average Bonchev–Trinajstić information content (AvgIpc) is 2.93. The number of nitrogens with one attached hydrogen (secondary N) is 2. The summed E-state index contributed by atoms with van der Waals surface area (Å²) in [7, 11) is 0. The SMILES string of the molecule is Nc1cc(C(=O)Nc2cccc(-c3cccc(F)c3)c2)cc(C(=O)Nc2cccc(-c3cccc(F)c3)c2)c1. The van der Waals surface area contributed by atoms with E-state index < -0.39 is 11.8 Å². The summed E-state index contributed by atoms with van der Waals surface area (Å²) in [6.45, 7) is 0. The Morgan fingerprint density at radius 1 is 0.513 bits per heavy atom. The Balaban J connectivity index is 1.33. The molecule has 0 radical (unpaired) electrons. The van der Waals surface area contributed by atoms with Crippen molar-refractivity contribution in [1.82, 2.24) is 0 Å². The topological polar surface area (TPSA) is 84.2 Å². The van der Waals surface area contributed by atoms with E-state index in [0.29, 0.717) is 22.5 Å². The summed E-state index contributed by atoms with van der Waals surface area (Å²) in [5.74, 6) is -1.62. The Labute approximate surface area is 223 Å². The number of nitrogen functional groups attached to an aromatic ring is 1. The van der Waals surface area contributed by atoms with Gasteiger partial charge in [0.1, 0.15) is 11.6 Å². The number of hydrogen-bond acceptors (Lipinski definition) is 3. The molecule has 192 valence electrons. The minimum Gasteiger partial charge on any atom is -0.399 e. The van der Waals surface area contributed by atoms with Crippen LogP contribution in [-0.4, -0.2) is 11.8 Å². The van der Waals surface area contributed by atoms with Crippen LogP contribution in [0.25, 0.3) is 22.3 Å². The first kappa shape index (κ1) is 25.4. The molecule has 0 aliphatic heterocycles. The average molecular weight is 520 g/mol. The summed E-state index contributed by atoms with van der Waals surface area (Å²) in [6, 6.07) is 30.8. The number of amides is 2. The molecule has 0 aliphatic rings. The van der Waals surface area contributed by atoms with Crippen LogP contribution in [0.1, 0.15) is 20.7 Å². The number of rotatable bonds is 6. The fourth-order valence-corrected chi connectivity index (χ4v) is 4.21. The standard InChI is InChI=1S/C32H23F2N3O2/c33-26-9-1-5-20(14-26)22-7-3-11-29(18-22)36-31(38)24-13-25(17-28(35)16-24)32(39)37-30-12-4-8-23(19-30)21-6-2-10-27(34)15-21/h1-19H,35H2,(H,36,38)(H,37,39). The van der Waals surface area contributed by atoms with Gasteiger partial charge in [-0.3, -0.25) is 9.59 Å². The van der Waals surface area contributed by atoms with Crippen LogP contribution in [0.4, 0.5) is 25.8 Å². The molecule has 5 nitrogen and oxygen atoms in total. The quantitative estimate of drug-likeness (QED) is 0.205. The van der Waals surface area contributed by atoms with E-state index in [1.807, 2.05) is 12.1 Å². The molecule has 0 spiro atoms. The molecule has 5 aromatic rings. The number of carbonyl (C=O) groups is 2. The highest BCUT2D eigenvalue weighted by molar-refractivity contribution is 6.09. The zero-order chi connectivity index (χ0) is 27.4. The number of nitrogens with two attached hydrogens (primary N) is 1. The van der Waals surface area contributed by atoms with Gasteiger partial charge in [-0.25, -0.2) is 8.78 Å². The highest BCUT2D eigenvalue weighted by Gasteiger charge is 2.14. The molecule has 5 aromatic carbocycles. The van der Waals surface area contributed by atoms with E-state index >= 15 is 0 Å². The van der Waals surface area contributed by atoms with E-state index in [4.69, 9.17) is 5.73 Å². The monoisotopic (exact) mass is 519 g/mol. The van der Waals surface area contributed by atoms with Crippen molar-refractivity contribution in [2.24, 2.45) is 0 Å². The summed E-state index contributed by atoms with van der Waals surface area (Å²) in [5.41, 5.74) is 10.5. The third-order valence-corrected chi connectivity index (χ3v) is 6.04. The molecule has 0 saturated carbocycles. The molecule has 0 fully saturated rings. The second kappa shape index (κ2) is 11.0. The summed E-state index contributed by atoms with van der Waals surface area (Å²) < 4.78 is 27.3. The fraction of sp³-hybridized carbons (Fsp3) is 0. The highest BCUT2D eigenvalue weighted by atomic mass is 19.1. The first-order valence-corrected chi connectivity index (χ1v) is 12.1. The molecule has 2 amide bonds. The Morgan fingerprint density at radius 2 is 0.897 bits per heavy atom. The van der Waals surface area contributed by atoms with Gasteiger partial charge in [-0.05, 0) is 89.0 Å². The third-order valence-electron chi connectivity index (χ3n) is 6.04. The zero-order valence-corrected chi connectivity index (χ0v) is 20.6. The molecule has 0 heterocycles. The van der Waals surface area contributed by atoms with Gasteiger partial charge in [-0.1, -0.05) is 48.5 Å². The van der Waals surface area contributed by atoms with Gasteiger partial charge in [-0.15, -0.1) is 0 Å². The van der Waals surface area contributed by atoms with Gasteiger partial charge >= 0.3 is 0 Å². The molecule has 0 atom stereocenters. The maximum absolute atomic E-state index is 13.6. The number of hydrogen-bond donors (Lipinski definition) is 3. The normalized spacial score (nSPS) is 10.6. The largest absolute Gasteiger partial charge is 0.399 e. The van der Waals surface area contributed by atoms with E-state index in [-0.39, 0.29) is 28.4 Å². The van der Waals surface area contributed by atoms with E-state index in [1.54, 1.807) is 60.7 Å². The van der Waals surface area contributed by atoms with E-state index in [0.717, 1.165) is 11.1 Å². The Kier molecular flexibility index (Phi) is 7.14. The predicted octanol–water partition coefficient (Wildman–Crippen LogP) is 7.39. The van der Waals surface area contributed by atoms with Gasteiger partial charge in [0.05, 0.1) is 0 Å². The van der Waals surface area contributed by atoms with Crippen LogP contribution in [-0.2, 0) is 0 Å². The minimum atomic E-state index is -0.458. The Morgan fingerprint density at radius 3 is 1.31 bits per heavy atom. The molecule has 39 heavy (non-hydrogen) atoms. The van der Waals surface area contributed by atoms with Crippen molar-refractivity contribution in [2.75, 3.05) is 16.4 Å². The Hall–Kier alpha value is -5.30. The second-order valence-electron chi connectivity index (χ2n) is 8.93. The van der Waals surface area contributed by atoms with Gasteiger partial charge in [-0.2, -0.15) is 0 Å². The smallest absolute Gasteiger partial charge is 0.255 e. The van der Waals surface area contributed by atoms with Crippen molar-refractivity contribution in [3.8, 4) is 22.3 Å². The summed E-state index contributed by atoms with van der Waals surface area (Å²) in [5, 5.41) is 5.61. The highest BCUT2D eigenvalue weighted by Crippen LogP contribution is 2.26. The van der Waals surface area contributed by atoms with Crippen LogP contribution < -0.4 is 16.4 Å². The van der Waals surface area contributed by atoms with Crippen molar-refractivity contribution in [3.05, 3.63) is 138 Å². The van der Waals surface area contributed by atoms with Crippen LogP contribution in [0.15, 0.2) is 115 Å². The number of anilines is 3. The molecule has 0 aliphatic carbocycles. The predicted molar refractivity (Wildman–Crippen MR) is 150 cm³/mol. The lowest BCUT2D eigenvalue weighted by atomic mass is 10.0. The van der Waals surface area contributed by atoms with Gasteiger partial charge in [0, 0.05) is 28.2 Å². The maximum atomic E-state index is 13.6. The van der Waals surface area contributed by atoms with Crippen molar-refractivity contribution in [2.45, 2.75) is 0 Å². The zero-order valence-electron chi connectivity index (χ0n) is 20.6. The maximum Gasteiger partial charge on any atom is 0.255 e. The molecular weight excluding hydrogens is 496 g/mol. The van der Waals surface area contributed by atoms with Gasteiger partial charge in [0.25, 0.3) is 11.8 Å². The van der Waals surface area contributed by atoms with E-state index in [9.17, 15) is 18.4 Å². The Bertz CT molecular complexity index is 1580. The third kappa shape index (κ3) is 6.17. The van der Waals surface area contributed by atoms with Crippen molar-refractivity contribution in [1.29, 1.82) is 0 Å². The lowest BCUT2D eigenvalue weighted by Crippen LogP contribution is -2.16. The van der Waals surface area contributed by atoms with Gasteiger partial charge < -0.3 is 16.4 Å². The summed E-state index contributed by atoms with van der Waals surface area (Å²) in [4.78, 5) is 26.1. The first-order valence-electron chi connectivity index (χ1n) is 12.1. The van der Waals surface area contributed by atoms with Crippen LogP contribution in [0.2, 0.25) is 0 Å². The molecule has 5 rings (SSSR count). The molecule has 0 bridgehead atoms.